The van der Waals surface area contributed by atoms with Gasteiger partial charge in [-0.15, -0.1) is 11.3 Å². The minimum absolute atomic E-state index is 0.151. The number of nitrogens with zero attached hydrogens (tertiary/aromatic N) is 2. The van der Waals surface area contributed by atoms with Gasteiger partial charge in [-0.25, -0.2) is 10.4 Å². The van der Waals surface area contributed by atoms with Gasteiger partial charge in [0, 0.05) is 0 Å². The summed E-state index contributed by atoms with van der Waals surface area (Å²) in [4.78, 5) is 16.8. The molecule has 0 aliphatic carbocycles. The predicted octanol–water partition coefficient (Wildman–Crippen LogP) is 2.98. The van der Waals surface area contributed by atoms with Crippen LogP contribution in [0.25, 0.3) is 10.2 Å². The largest absolute Gasteiger partial charge is 0.485 e. The van der Waals surface area contributed by atoms with Gasteiger partial charge in [-0.2, -0.15) is 5.10 Å². The van der Waals surface area contributed by atoms with Gasteiger partial charge in [0.2, 0.25) is 6.10 Å². The maximum Gasteiger partial charge on any atom is 0.284 e. The van der Waals surface area contributed by atoms with E-state index in [9.17, 15) is 4.79 Å². The number of para-hydroxylation sites is 3. The molecule has 7 heteroatoms. The topological polar surface area (TPSA) is 72.8 Å². The fourth-order valence-corrected chi connectivity index (χ4v) is 3.34. The molecule has 0 bridgehead atoms. The lowest BCUT2D eigenvalue weighted by Gasteiger charge is -2.24. The molecule has 1 amide bonds. The number of ether oxygens (including phenoxy) is 2. The van der Waals surface area contributed by atoms with E-state index in [1.807, 2.05) is 43.3 Å². The highest BCUT2D eigenvalue weighted by molar-refractivity contribution is 7.20. The van der Waals surface area contributed by atoms with Gasteiger partial charge < -0.3 is 9.47 Å². The number of carbonyl (C=O) groups is 1. The fourth-order valence-electron chi connectivity index (χ4n) is 2.43. The molecular weight excluding hydrogens is 338 g/mol. The Morgan fingerprint density at radius 1 is 1.20 bits per heavy atom. The Bertz CT molecular complexity index is 934. The van der Waals surface area contributed by atoms with Crippen LogP contribution < -0.4 is 14.9 Å². The van der Waals surface area contributed by atoms with Crippen LogP contribution in [-0.2, 0) is 4.79 Å². The summed E-state index contributed by atoms with van der Waals surface area (Å²) in [5.74, 6) is 0.844. The van der Waals surface area contributed by atoms with Crippen LogP contribution in [0.5, 0.6) is 11.5 Å². The normalized spacial score (nSPS) is 16.7. The molecule has 3 aromatic rings. The van der Waals surface area contributed by atoms with Gasteiger partial charge in [0.15, 0.2) is 11.5 Å². The molecule has 1 aliphatic heterocycles. The summed E-state index contributed by atoms with van der Waals surface area (Å²) in [7, 11) is 0. The molecular formula is C18H15N3O3S. The summed E-state index contributed by atoms with van der Waals surface area (Å²) < 4.78 is 12.3. The average molecular weight is 353 g/mol. The molecule has 0 fully saturated rings. The standard InChI is InChI=1S/C18H15N3O3S/c1-11(18-19-12-6-2-5-9-16(12)25-18)20-21-17(22)15-10-23-13-7-3-4-8-14(13)24-15/h2-9,15H,10H2,1H3,(H,21,22)/b20-11-/t15-/m0/s1. The zero-order valence-electron chi connectivity index (χ0n) is 13.4. The van der Waals surface area contributed by atoms with Crippen LogP contribution >= 0.6 is 11.3 Å². The van der Waals surface area contributed by atoms with Crippen molar-refractivity contribution in [3.63, 3.8) is 0 Å². The molecule has 2 heterocycles. The first kappa shape index (κ1) is 15.6. The van der Waals surface area contributed by atoms with Gasteiger partial charge >= 0.3 is 0 Å². The van der Waals surface area contributed by atoms with E-state index >= 15 is 0 Å². The Morgan fingerprint density at radius 3 is 2.80 bits per heavy atom. The van der Waals surface area contributed by atoms with E-state index in [0.717, 1.165) is 15.2 Å². The van der Waals surface area contributed by atoms with Crippen molar-refractivity contribution in [1.29, 1.82) is 0 Å². The molecule has 0 saturated heterocycles. The van der Waals surface area contributed by atoms with E-state index in [4.69, 9.17) is 9.47 Å². The molecule has 25 heavy (non-hydrogen) atoms. The summed E-state index contributed by atoms with van der Waals surface area (Å²) in [6.45, 7) is 1.96. The third-order valence-corrected chi connectivity index (χ3v) is 4.88. The van der Waals surface area contributed by atoms with Gasteiger partial charge in [-0.05, 0) is 31.2 Å². The minimum Gasteiger partial charge on any atom is -0.485 e. The minimum atomic E-state index is -0.734. The Labute approximate surface area is 148 Å². The van der Waals surface area contributed by atoms with Crippen molar-refractivity contribution in [3.05, 3.63) is 53.5 Å². The molecule has 1 N–H and O–H groups in total. The molecule has 0 spiro atoms. The fraction of sp³-hybridized carbons (Fsp3) is 0.167. The second kappa shape index (κ2) is 6.52. The third kappa shape index (κ3) is 3.18. The third-order valence-electron chi connectivity index (χ3n) is 3.74. The number of fused-ring (bicyclic) bond motifs is 2. The van der Waals surface area contributed by atoms with Gasteiger partial charge in [-0.1, -0.05) is 24.3 Å². The van der Waals surface area contributed by atoms with E-state index in [0.29, 0.717) is 17.2 Å². The summed E-state index contributed by atoms with van der Waals surface area (Å²) in [6.07, 6.45) is -0.734. The Morgan fingerprint density at radius 2 is 1.96 bits per heavy atom. The predicted molar refractivity (Wildman–Crippen MR) is 96.3 cm³/mol. The van der Waals surface area contributed by atoms with Crippen LogP contribution in [0.15, 0.2) is 53.6 Å². The van der Waals surface area contributed by atoms with Gasteiger partial charge in [0.25, 0.3) is 5.91 Å². The number of hydrazone groups is 1. The molecule has 1 aromatic heterocycles. The number of amides is 1. The maximum absolute atomic E-state index is 12.3. The Balaban J connectivity index is 1.45. The first-order valence-electron chi connectivity index (χ1n) is 7.79. The van der Waals surface area contributed by atoms with Crippen molar-refractivity contribution in [2.45, 2.75) is 13.0 Å². The monoisotopic (exact) mass is 353 g/mol. The van der Waals surface area contributed by atoms with E-state index in [2.05, 4.69) is 15.5 Å². The van der Waals surface area contributed by atoms with Crippen LogP contribution in [0.1, 0.15) is 11.9 Å². The average Bonchev–Trinajstić information content (AvgIpc) is 3.09. The highest BCUT2D eigenvalue weighted by atomic mass is 32.1. The first-order chi connectivity index (χ1) is 12.2. The number of hydrogen-bond acceptors (Lipinski definition) is 6. The van der Waals surface area contributed by atoms with Gasteiger partial charge in [0.05, 0.1) is 15.9 Å². The number of aromatic nitrogens is 1. The summed E-state index contributed by atoms with van der Waals surface area (Å²) in [6, 6.07) is 15.1. The van der Waals surface area contributed by atoms with Gasteiger partial charge in [-0.3, -0.25) is 4.79 Å². The lowest BCUT2D eigenvalue weighted by molar-refractivity contribution is -0.130. The molecule has 1 atom stereocenters. The molecule has 2 aromatic carbocycles. The Kier molecular flexibility index (Phi) is 4.07. The zero-order valence-corrected chi connectivity index (χ0v) is 14.2. The van der Waals surface area contributed by atoms with Crippen molar-refractivity contribution in [2.24, 2.45) is 5.10 Å². The quantitative estimate of drug-likeness (QED) is 0.580. The van der Waals surface area contributed by atoms with E-state index in [1.54, 1.807) is 12.1 Å². The van der Waals surface area contributed by atoms with Crippen molar-refractivity contribution >= 4 is 33.2 Å². The van der Waals surface area contributed by atoms with Crippen LogP contribution in [0.2, 0.25) is 0 Å². The smallest absolute Gasteiger partial charge is 0.284 e. The maximum atomic E-state index is 12.3. The molecule has 6 nitrogen and oxygen atoms in total. The second-order valence-corrected chi connectivity index (χ2v) is 6.55. The van der Waals surface area contributed by atoms with Crippen LogP contribution in [0, 0.1) is 0 Å². The highest BCUT2D eigenvalue weighted by Gasteiger charge is 2.27. The molecule has 4 rings (SSSR count). The summed E-state index contributed by atoms with van der Waals surface area (Å²) in [5.41, 5.74) is 4.10. The number of nitrogens with one attached hydrogen (secondary N) is 1. The van der Waals surface area contributed by atoms with Crippen LogP contribution in [-0.4, -0.2) is 29.3 Å². The molecule has 0 saturated carbocycles. The van der Waals surface area contributed by atoms with Crippen molar-refractivity contribution in [3.8, 4) is 11.5 Å². The number of benzene rings is 2. The highest BCUT2D eigenvalue weighted by Crippen LogP contribution is 2.30. The zero-order chi connectivity index (χ0) is 17.2. The summed E-state index contributed by atoms with van der Waals surface area (Å²) in [5, 5.41) is 4.92. The van der Waals surface area contributed by atoms with E-state index in [1.165, 1.54) is 11.3 Å². The SMILES string of the molecule is C/C(=N/NC(=O)[C@@H]1COc2ccccc2O1)c1nc2ccccc2s1. The Hall–Kier alpha value is -2.93. The number of thiazole rings is 1. The molecule has 1 aliphatic rings. The number of rotatable bonds is 3. The first-order valence-corrected chi connectivity index (χ1v) is 8.61. The molecule has 0 unspecified atom stereocenters. The molecule has 0 radical (unpaired) electrons. The lowest BCUT2D eigenvalue weighted by Crippen LogP contribution is -2.42. The van der Waals surface area contributed by atoms with E-state index < -0.39 is 6.10 Å². The van der Waals surface area contributed by atoms with Crippen molar-refractivity contribution < 1.29 is 14.3 Å². The van der Waals surface area contributed by atoms with Crippen molar-refractivity contribution in [1.82, 2.24) is 10.4 Å². The second-order valence-electron chi connectivity index (χ2n) is 5.52. The number of carbonyl (C=O) groups excluding carboxylic acids is 1. The lowest BCUT2D eigenvalue weighted by atomic mass is 10.2. The summed E-state index contributed by atoms with van der Waals surface area (Å²) >= 11 is 1.53. The van der Waals surface area contributed by atoms with Crippen LogP contribution in [0.3, 0.4) is 0 Å². The van der Waals surface area contributed by atoms with Crippen LogP contribution in [0.4, 0.5) is 0 Å². The van der Waals surface area contributed by atoms with E-state index in [-0.39, 0.29) is 12.5 Å². The van der Waals surface area contributed by atoms with Crippen molar-refractivity contribution in [2.75, 3.05) is 6.61 Å². The number of hydrogen-bond donors (Lipinski definition) is 1. The van der Waals surface area contributed by atoms with Gasteiger partial charge in [0.1, 0.15) is 11.6 Å². The molecule has 126 valence electrons.